The molecule has 0 spiro atoms. The first-order valence-corrected chi connectivity index (χ1v) is 12.5. The molecule has 0 saturated carbocycles. The summed E-state index contributed by atoms with van der Waals surface area (Å²) in [5.41, 5.74) is 1.30. The van der Waals surface area contributed by atoms with Crippen molar-refractivity contribution in [2.45, 2.75) is 50.9 Å². The minimum absolute atomic E-state index is 0.400. The summed E-state index contributed by atoms with van der Waals surface area (Å²) in [6.07, 6.45) is 6.50. The quantitative estimate of drug-likeness (QED) is 0.325. The molecule has 6 nitrogen and oxygen atoms in total. The second-order valence-electron chi connectivity index (χ2n) is 7.74. The Hall–Kier alpha value is -0.990. The molecule has 7 rings (SSSR count). The van der Waals surface area contributed by atoms with E-state index in [9.17, 15) is 0 Å². The Balaban J connectivity index is 0.000000202. The van der Waals surface area contributed by atoms with Crippen LogP contribution < -0.4 is 0 Å². The third kappa shape index (κ3) is 24.0. The maximum absolute atomic E-state index is 5.27. The summed E-state index contributed by atoms with van der Waals surface area (Å²) >= 11 is 5.27. The van der Waals surface area contributed by atoms with Crippen LogP contribution in [-0.4, -0.2) is 77.5 Å². The second kappa shape index (κ2) is 21.5. The molecule has 1 aromatic rings. The molecule has 0 aliphatic carbocycles. The lowest BCUT2D eigenvalue weighted by Gasteiger charge is -1.89. The van der Waals surface area contributed by atoms with Gasteiger partial charge in [0.15, 0.2) is 0 Å². The summed E-state index contributed by atoms with van der Waals surface area (Å²) in [5, 5.41) is 0. The fourth-order valence-corrected chi connectivity index (χ4v) is 2.36. The average Bonchev–Trinajstić information content (AvgIpc) is 3.68. The Bertz CT molecular complexity index is 497. The van der Waals surface area contributed by atoms with Crippen molar-refractivity contribution < 1.29 is 28.4 Å². The van der Waals surface area contributed by atoms with Gasteiger partial charge in [-0.15, -0.1) is 24.8 Å². The highest BCUT2D eigenvalue weighted by atomic mass is 35.5. The van der Waals surface area contributed by atoms with Crippen molar-refractivity contribution in [3.8, 4) is 0 Å². The van der Waals surface area contributed by atoms with Crippen LogP contribution in [0.2, 0.25) is 0 Å². The van der Waals surface area contributed by atoms with Crippen molar-refractivity contribution in [2.24, 2.45) is 0 Å². The minimum atomic E-state index is 0.400. The Labute approximate surface area is 205 Å². The third-order valence-electron chi connectivity index (χ3n) is 4.44. The van der Waals surface area contributed by atoms with Crippen LogP contribution in [0.5, 0.6) is 0 Å². The van der Waals surface area contributed by atoms with E-state index in [1.54, 1.807) is 0 Å². The molecule has 0 radical (unpaired) electrons. The summed E-state index contributed by atoms with van der Waals surface area (Å²) < 4.78 is 28.9. The summed E-state index contributed by atoms with van der Waals surface area (Å²) in [6.45, 7) is 16.8. The zero-order valence-electron chi connectivity index (χ0n) is 20.3. The average molecular weight is 487 g/mol. The molecule has 6 fully saturated rings. The van der Waals surface area contributed by atoms with E-state index in [-0.39, 0.29) is 0 Å². The van der Waals surface area contributed by atoms with Gasteiger partial charge in [0, 0.05) is 26.4 Å². The number of halogens is 1. The monoisotopic (exact) mass is 486 g/mol. The third-order valence-corrected chi connectivity index (χ3v) is 4.78. The molecule has 0 N–H and O–H groups in total. The van der Waals surface area contributed by atoms with E-state index in [2.05, 4.69) is 37.0 Å². The Kier molecular flexibility index (Phi) is 19.6. The van der Waals surface area contributed by atoms with E-state index in [1.807, 2.05) is 18.2 Å². The van der Waals surface area contributed by atoms with E-state index >= 15 is 0 Å². The molecule has 33 heavy (non-hydrogen) atoms. The van der Waals surface area contributed by atoms with Crippen molar-refractivity contribution in [3.05, 3.63) is 49.1 Å². The molecule has 1 aromatic carbocycles. The maximum atomic E-state index is 5.27. The van der Waals surface area contributed by atoms with Gasteiger partial charge in [0.25, 0.3) is 0 Å². The number of hydrogen-bond acceptors (Lipinski definition) is 6. The summed E-state index contributed by atoms with van der Waals surface area (Å²) in [5.74, 6) is 0.667. The Morgan fingerprint density at radius 1 is 0.727 bits per heavy atom. The van der Waals surface area contributed by atoms with Gasteiger partial charge in [-0.3, -0.25) is 0 Å². The number of rotatable bonds is 2. The van der Waals surface area contributed by atoms with E-state index in [4.69, 9.17) is 35.3 Å². The first-order chi connectivity index (χ1) is 16.3. The number of epoxide rings is 4. The van der Waals surface area contributed by atoms with E-state index in [0.29, 0.717) is 24.2 Å². The summed E-state index contributed by atoms with van der Waals surface area (Å²) in [6, 6.07) is 10.3. The highest BCUT2D eigenvalue weighted by molar-refractivity contribution is 6.18. The molecule has 6 aliphatic rings. The predicted molar refractivity (Wildman–Crippen MR) is 133 cm³/mol. The second-order valence-corrected chi connectivity index (χ2v) is 8.05. The minimum Gasteiger partial charge on any atom is -0.381 e. The molecule has 0 bridgehead atoms. The van der Waals surface area contributed by atoms with Crippen LogP contribution in [0.4, 0.5) is 0 Å². The van der Waals surface area contributed by atoms with Gasteiger partial charge < -0.3 is 28.4 Å². The van der Waals surface area contributed by atoms with E-state index in [1.165, 1.54) is 31.2 Å². The van der Waals surface area contributed by atoms with Crippen molar-refractivity contribution in [2.75, 3.05) is 65.3 Å². The van der Waals surface area contributed by atoms with Gasteiger partial charge in [-0.25, -0.2) is 0 Å². The van der Waals surface area contributed by atoms with E-state index in [0.717, 1.165) is 59.5 Å². The first kappa shape index (κ1) is 30.0. The number of ether oxygens (including phenoxy) is 6. The lowest BCUT2D eigenvalue weighted by atomic mass is 10.2. The van der Waals surface area contributed by atoms with Gasteiger partial charge >= 0.3 is 0 Å². The normalized spacial score (nSPS) is 26.1. The maximum Gasteiger partial charge on any atom is 0.106 e. The van der Waals surface area contributed by atoms with Gasteiger partial charge in [-0.1, -0.05) is 30.3 Å². The Morgan fingerprint density at radius 3 is 1.33 bits per heavy atom. The fraction of sp³-hybridized carbons (Fsp3) is 0.692. The molecule has 3 unspecified atom stereocenters. The lowest BCUT2D eigenvalue weighted by molar-refractivity contribution is 0.198. The van der Waals surface area contributed by atoms with Crippen molar-refractivity contribution >= 4 is 11.6 Å². The predicted octanol–water partition coefficient (Wildman–Crippen LogP) is 5.20. The SMILES string of the molecule is C1CCOC1.C1CCOC1.C1CO1.C=C.CC1CO1.ClCC1CO1.c1ccc(C2CO2)cc1. The van der Waals surface area contributed by atoms with Crippen LogP contribution >= 0.6 is 11.6 Å². The van der Waals surface area contributed by atoms with Gasteiger partial charge in [0.1, 0.15) is 6.10 Å². The standard InChI is InChI=1S/C8H8O.2C4H8O.C3H5ClO.C3H6O.C2H4O.C2H4/c1-2-4-7(5-3-1)8-6-9-8;2*1-2-4-5-3-1;4-1-3-2-5-3;1-3-2-4-3;1-2-3-1;1-2/h1-5,8H,6H2;2*1-4H2;3H,1-2H2;3H,2H2,1H3;1-2H2;1-2H2. The number of alkyl halides is 1. The molecule has 190 valence electrons. The molecule has 7 heteroatoms. The largest absolute Gasteiger partial charge is 0.381 e. The molecule has 6 saturated heterocycles. The van der Waals surface area contributed by atoms with Crippen LogP contribution in [0, 0.1) is 0 Å². The molecule has 6 aliphatic heterocycles. The zero-order valence-corrected chi connectivity index (χ0v) is 21.0. The smallest absolute Gasteiger partial charge is 0.106 e. The van der Waals surface area contributed by atoms with Crippen molar-refractivity contribution in [1.82, 2.24) is 0 Å². The molecular weight excluding hydrogens is 444 g/mol. The van der Waals surface area contributed by atoms with Gasteiger partial charge in [-0.05, 0) is 38.2 Å². The highest BCUT2D eigenvalue weighted by Gasteiger charge is 2.23. The van der Waals surface area contributed by atoms with Gasteiger partial charge in [0.2, 0.25) is 0 Å². The van der Waals surface area contributed by atoms with Crippen LogP contribution in [0.1, 0.15) is 44.3 Å². The molecule has 0 aromatic heterocycles. The molecule has 0 amide bonds. The number of hydrogen-bond donors (Lipinski definition) is 0. The van der Waals surface area contributed by atoms with Crippen molar-refractivity contribution in [1.29, 1.82) is 0 Å². The lowest BCUT2D eigenvalue weighted by Crippen LogP contribution is -1.80. The fourth-order valence-electron chi connectivity index (χ4n) is 2.18. The molecule has 6 heterocycles. The van der Waals surface area contributed by atoms with Crippen LogP contribution in [0.25, 0.3) is 0 Å². The van der Waals surface area contributed by atoms with Gasteiger partial charge in [-0.2, -0.15) is 0 Å². The van der Waals surface area contributed by atoms with Crippen LogP contribution in [0.3, 0.4) is 0 Å². The molecule has 3 atom stereocenters. The molecular formula is C26H43ClO6. The summed E-state index contributed by atoms with van der Waals surface area (Å²) in [4.78, 5) is 0. The topological polar surface area (TPSA) is 68.6 Å². The Morgan fingerprint density at radius 2 is 1.15 bits per heavy atom. The van der Waals surface area contributed by atoms with Gasteiger partial charge in [0.05, 0.1) is 51.1 Å². The van der Waals surface area contributed by atoms with Crippen LogP contribution in [0.15, 0.2) is 43.5 Å². The first-order valence-electron chi connectivity index (χ1n) is 12.0. The van der Waals surface area contributed by atoms with Crippen molar-refractivity contribution in [3.63, 3.8) is 0 Å². The zero-order chi connectivity index (χ0) is 24.0. The van der Waals surface area contributed by atoms with Crippen LogP contribution in [-0.2, 0) is 28.4 Å². The summed E-state index contributed by atoms with van der Waals surface area (Å²) in [7, 11) is 0. The number of benzene rings is 1. The van der Waals surface area contributed by atoms with E-state index < -0.39 is 0 Å². The highest BCUT2D eigenvalue weighted by Crippen LogP contribution is 2.28.